The van der Waals surface area contributed by atoms with Crippen LogP contribution in [0.1, 0.15) is 17.6 Å². The van der Waals surface area contributed by atoms with Crippen molar-refractivity contribution in [2.45, 2.75) is 18.2 Å². The summed E-state index contributed by atoms with van der Waals surface area (Å²) in [5.74, 6) is 2.41. The van der Waals surface area contributed by atoms with Gasteiger partial charge in [-0.15, -0.1) is 16.4 Å². The van der Waals surface area contributed by atoms with E-state index < -0.39 is 0 Å². The fourth-order valence-corrected chi connectivity index (χ4v) is 4.29. The van der Waals surface area contributed by atoms with Gasteiger partial charge in [-0.25, -0.2) is 4.98 Å². The second kappa shape index (κ2) is 9.82. The van der Waals surface area contributed by atoms with E-state index in [1.807, 2.05) is 60.9 Å². The Kier molecular flexibility index (Phi) is 6.70. The number of carbonyl (C=O) groups excluding carboxylic acids is 1. The summed E-state index contributed by atoms with van der Waals surface area (Å²) in [5, 5.41) is 9.64. The SMILES string of the molecule is CCN(CC1COc2ccccc2O1)C(=O)CSc1n[nH]c(/C=C/c2cccs2)n1. The maximum Gasteiger partial charge on any atom is 0.233 e. The number of amides is 1. The second-order valence-corrected chi connectivity index (χ2v) is 8.49. The Morgan fingerprint density at radius 1 is 1.30 bits per heavy atom. The Bertz CT molecular complexity index is 1000. The van der Waals surface area contributed by atoms with E-state index in [4.69, 9.17) is 9.47 Å². The van der Waals surface area contributed by atoms with Crippen LogP contribution >= 0.6 is 23.1 Å². The number of rotatable bonds is 8. The molecule has 0 radical (unpaired) electrons. The number of nitrogens with zero attached hydrogens (tertiary/aromatic N) is 3. The van der Waals surface area contributed by atoms with Crippen molar-refractivity contribution in [3.05, 3.63) is 52.5 Å². The highest BCUT2D eigenvalue weighted by Crippen LogP contribution is 2.31. The molecule has 0 saturated heterocycles. The average molecular weight is 443 g/mol. The average Bonchev–Trinajstić information content (AvgIpc) is 3.46. The Morgan fingerprint density at radius 3 is 2.97 bits per heavy atom. The van der Waals surface area contributed by atoms with Crippen molar-refractivity contribution in [1.82, 2.24) is 20.1 Å². The molecule has 2 aromatic heterocycles. The molecule has 1 amide bonds. The molecule has 0 fully saturated rings. The predicted molar refractivity (Wildman–Crippen MR) is 119 cm³/mol. The zero-order valence-corrected chi connectivity index (χ0v) is 18.1. The molecule has 1 aliphatic rings. The van der Waals surface area contributed by atoms with Crippen molar-refractivity contribution in [3.63, 3.8) is 0 Å². The minimum atomic E-state index is -0.189. The molecule has 30 heavy (non-hydrogen) atoms. The second-order valence-electron chi connectivity index (χ2n) is 6.57. The molecular formula is C21H22N4O3S2. The molecule has 4 rings (SSSR count). The summed E-state index contributed by atoms with van der Waals surface area (Å²) >= 11 is 2.97. The fraction of sp³-hybridized carbons (Fsp3) is 0.286. The minimum Gasteiger partial charge on any atom is -0.486 e. The Labute approximate surface area is 183 Å². The third-order valence-electron chi connectivity index (χ3n) is 4.48. The van der Waals surface area contributed by atoms with Gasteiger partial charge in [0.25, 0.3) is 0 Å². The predicted octanol–water partition coefficient (Wildman–Crippen LogP) is 3.82. The van der Waals surface area contributed by atoms with Gasteiger partial charge in [0.05, 0.1) is 12.3 Å². The van der Waals surface area contributed by atoms with E-state index in [1.165, 1.54) is 11.8 Å². The molecule has 7 nitrogen and oxygen atoms in total. The van der Waals surface area contributed by atoms with Crippen LogP contribution in [-0.2, 0) is 4.79 Å². The Morgan fingerprint density at radius 2 is 2.17 bits per heavy atom. The molecule has 0 bridgehead atoms. The molecule has 1 aromatic carbocycles. The smallest absolute Gasteiger partial charge is 0.233 e. The highest BCUT2D eigenvalue weighted by molar-refractivity contribution is 7.99. The topological polar surface area (TPSA) is 80.3 Å². The van der Waals surface area contributed by atoms with Crippen molar-refractivity contribution in [3.8, 4) is 11.5 Å². The van der Waals surface area contributed by atoms with Crippen LogP contribution in [0.3, 0.4) is 0 Å². The molecule has 1 aliphatic heterocycles. The largest absolute Gasteiger partial charge is 0.486 e. The van der Waals surface area contributed by atoms with Gasteiger partial charge in [0.15, 0.2) is 17.6 Å². The van der Waals surface area contributed by atoms with Crippen molar-refractivity contribution >= 4 is 41.2 Å². The summed E-state index contributed by atoms with van der Waals surface area (Å²) in [4.78, 5) is 20.0. The first-order chi connectivity index (χ1) is 14.7. The van der Waals surface area contributed by atoms with Gasteiger partial charge in [-0.2, -0.15) is 0 Å². The lowest BCUT2D eigenvalue weighted by molar-refractivity contribution is -0.129. The number of H-pyrrole nitrogens is 1. The van der Waals surface area contributed by atoms with E-state index in [0.717, 1.165) is 16.4 Å². The lowest BCUT2D eigenvalue weighted by Gasteiger charge is -2.30. The lowest BCUT2D eigenvalue weighted by atomic mass is 10.2. The van der Waals surface area contributed by atoms with Crippen LogP contribution in [0.15, 0.2) is 46.9 Å². The van der Waals surface area contributed by atoms with Gasteiger partial charge in [-0.3, -0.25) is 9.89 Å². The summed E-state index contributed by atoms with van der Waals surface area (Å²) < 4.78 is 11.7. The van der Waals surface area contributed by atoms with Gasteiger partial charge < -0.3 is 14.4 Å². The summed E-state index contributed by atoms with van der Waals surface area (Å²) in [7, 11) is 0. The summed E-state index contributed by atoms with van der Waals surface area (Å²) in [6.07, 6.45) is 3.67. The number of carbonyl (C=O) groups is 1. The van der Waals surface area contributed by atoms with Crippen LogP contribution < -0.4 is 9.47 Å². The number of aromatic nitrogens is 3. The van der Waals surface area contributed by atoms with E-state index in [9.17, 15) is 4.79 Å². The van der Waals surface area contributed by atoms with Crippen LogP contribution in [0, 0.1) is 0 Å². The standard InChI is InChI=1S/C21H22N4O3S2/c1-2-25(12-15-13-27-17-7-3-4-8-18(17)28-15)20(26)14-30-21-22-19(23-24-21)10-9-16-6-5-11-29-16/h3-11,15H,2,12-14H2,1H3,(H,22,23,24)/b10-9+. The molecule has 3 heterocycles. The number of aromatic amines is 1. The fourth-order valence-electron chi connectivity index (χ4n) is 2.97. The first-order valence-electron chi connectivity index (χ1n) is 9.64. The molecule has 0 aliphatic carbocycles. The highest BCUT2D eigenvalue weighted by atomic mass is 32.2. The number of nitrogens with one attached hydrogen (secondary N) is 1. The number of likely N-dealkylation sites (N-methyl/N-ethyl adjacent to an activating group) is 1. The zero-order valence-electron chi connectivity index (χ0n) is 16.5. The molecule has 1 atom stereocenters. The van der Waals surface area contributed by atoms with Crippen molar-refractivity contribution < 1.29 is 14.3 Å². The third-order valence-corrected chi connectivity index (χ3v) is 6.15. The number of fused-ring (bicyclic) bond motifs is 1. The first kappa shape index (κ1) is 20.5. The van der Waals surface area contributed by atoms with Crippen molar-refractivity contribution in [1.29, 1.82) is 0 Å². The number of benzene rings is 1. The quantitative estimate of drug-likeness (QED) is 0.534. The van der Waals surface area contributed by atoms with Crippen molar-refractivity contribution in [2.24, 2.45) is 0 Å². The van der Waals surface area contributed by atoms with Gasteiger partial charge in [0.2, 0.25) is 11.1 Å². The minimum absolute atomic E-state index is 0.0189. The van der Waals surface area contributed by atoms with E-state index >= 15 is 0 Å². The van der Waals surface area contributed by atoms with E-state index in [0.29, 0.717) is 30.7 Å². The Hall–Kier alpha value is -2.78. The number of ether oxygens (including phenoxy) is 2. The van der Waals surface area contributed by atoms with E-state index in [1.54, 1.807) is 16.2 Å². The Balaban J connectivity index is 1.28. The van der Waals surface area contributed by atoms with Gasteiger partial charge in [0, 0.05) is 11.4 Å². The number of thiophene rings is 1. The van der Waals surface area contributed by atoms with E-state index in [-0.39, 0.29) is 17.8 Å². The van der Waals surface area contributed by atoms with Crippen LogP contribution in [-0.4, -0.2) is 57.5 Å². The lowest BCUT2D eigenvalue weighted by Crippen LogP contribution is -2.44. The molecule has 3 aromatic rings. The van der Waals surface area contributed by atoms with Gasteiger partial charge in [-0.05, 0) is 42.7 Å². The number of hydrogen-bond acceptors (Lipinski definition) is 7. The maximum absolute atomic E-state index is 12.7. The molecular weight excluding hydrogens is 420 g/mol. The van der Waals surface area contributed by atoms with Crippen LogP contribution in [0.2, 0.25) is 0 Å². The van der Waals surface area contributed by atoms with Crippen LogP contribution in [0.4, 0.5) is 0 Å². The normalized spacial score (nSPS) is 15.4. The molecule has 1 unspecified atom stereocenters. The van der Waals surface area contributed by atoms with Crippen LogP contribution in [0.25, 0.3) is 12.2 Å². The van der Waals surface area contributed by atoms with E-state index in [2.05, 4.69) is 15.2 Å². The number of para-hydroxylation sites is 2. The monoisotopic (exact) mass is 442 g/mol. The number of hydrogen-bond donors (Lipinski definition) is 1. The maximum atomic E-state index is 12.7. The summed E-state index contributed by atoms with van der Waals surface area (Å²) in [5.41, 5.74) is 0. The molecule has 1 N–H and O–H groups in total. The molecule has 156 valence electrons. The first-order valence-corrected chi connectivity index (χ1v) is 11.5. The number of thioether (sulfide) groups is 1. The van der Waals surface area contributed by atoms with Crippen LogP contribution in [0.5, 0.6) is 11.5 Å². The van der Waals surface area contributed by atoms with Crippen molar-refractivity contribution in [2.75, 3.05) is 25.4 Å². The van der Waals surface area contributed by atoms with Gasteiger partial charge >= 0.3 is 0 Å². The third kappa shape index (κ3) is 5.22. The van der Waals surface area contributed by atoms with Gasteiger partial charge in [-0.1, -0.05) is 30.0 Å². The summed E-state index contributed by atoms with van der Waals surface area (Å²) in [6, 6.07) is 11.6. The molecule has 0 spiro atoms. The highest BCUT2D eigenvalue weighted by Gasteiger charge is 2.25. The summed E-state index contributed by atoms with van der Waals surface area (Å²) in [6.45, 7) is 3.46. The molecule has 0 saturated carbocycles. The van der Waals surface area contributed by atoms with Gasteiger partial charge in [0.1, 0.15) is 12.4 Å². The zero-order chi connectivity index (χ0) is 20.8. The molecule has 9 heteroatoms.